The summed E-state index contributed by atoms with van der Waals surface area (Å²) in [6.45, 7) is 8.81. The van der Waals surface area contributed by atoms with Gasteiger partial charge in [0.15, 0.2) is 0 Å². The van der Waals surface area contributed by atoms with Crippen LogP contribution in [0.25, 0.3) is 22.1 Å². The third kappa shape index (κ3) is 8.19. The number of hydrogen-bond donors (Lipinski definition) is 4. The summed E-state index contributed by atoms with van der Waals surface area (Å²) in [6, 6.07) is 9.77. The number of esters is 1. The first kappa shape index (κ1) is 37.7. The molecular formula is C36H43N11O6. The maximum atomic E-state index is 13.4. The lowest BCUT2D eigenvalue weighted by molar-refractivity contribution is -0.110. The number of primary amides is 1. The monoisotopic (exact) mass is 725 g/mol. The highest BCUT2D eigenvalue weighted by atomic mass is 16.5. The maximum Gasteiger partial charge on any atom is 0.338 e. The van der Waals surface area contributed by atoms with Gasteiger partial charge in [-0.15, -0.1) is 0 Å². The fourth-order valence-electron chi connectivity index (χ4n) is 5.95. The quantitative estimate of drug-likeness (QED) is 0.0693. The smallest absolute Gasteiger partial charge is 0.338 e. The van der Waals surface area contributed by atoms with E-state index in [1.54, 1.807) is 59.5 Å². The van der Waals surface area contributed by atoms with Crippen molar-refractivity contribution < 1.29 is 28.7 Å². The van der Waals surface area contributed by atoms with Crippen molar-refractivity contribution in [3.63, 3.8) is 0 Å². The lowest BCUT2D eigenvalue weighted by Gasteiger charge is -2.14. The van der Waals surface area contributed by atoms with Crippen LogP contribution in [0.5, 0.6) is 5.75 Å². The number of imidazole rings is 2. The van der Waals surface area contributed by atoms with Crippen molar-refractivity contribution in [1.29, 1.82) is 0 Å². The number of allylic oxidation sites excluding steroid dienone is 1. The molecule has 0 bridgehead atoms. The number of ether oxygens (including phenoxy) is 2. The van der Waals surface area contributed by atoms with Crippen LogP contribution >= 0.6 is 0 Å². The number of nitrogens with two attached hydrogens (primary N) is 2. The molecule has 0 aliphatic rings. The van der Waals surface area contributed by atoms with Gasteiger partial charge in [0.05, 0.1) is 42.0 Å². The normalized spacial score (nSPS) is 12.0. The zero-order valence-electron chi connectivity index (χ0n) is 30.5. The Balaban J connectivity index is 1.47. The summed E-state index contributed by atoms with van der Waals surface area (Å²) in [4.78, 5) is 64.9. The lowest BCUT2D eigenvalue weighted by Crippen LogP contribution is -2.24. The Hall–Kier alpha value is -6.52. The molecule has 6 N–H and O–H groups in total. The Bertz CT molecular complexity index is 2270. The Morgan fingerprint density at radius 3 is 2.23 bits per heavy atom. The van der Waals surface area contributed by atoms with Crippen LogP contribution < -0.4 is 26.8 Å². The van der Waals surface area contributed by atoms with Crippen LogP contribution in [0.4, 0.5) is 11.9 Å². The first-order valence-corrected chi connectivity index (χ1v) is 17.0. The van der Waals surface area contributed by atoms with Gasteiger partial charge in [-0.1, -0.05) is 0 Å². The highest BCUT2D eigenvalue weighted by molar-refractivity contribution is 6.47. The predicted octanol–water partition coefficient (Wildman–Crippen LogP) is 3.80. The molecule has 0 aliphatic heterocycles. The number of rotatable bonds is 15. The van der Waals surface area contributed by atoms with Gasteiger partial charge in [-0.05, 0) is 83.0 Å². The molecule has 3 heterocycles. The van der Waals surface area contributed by atoms with E-state index < -0.39 is 17.8 Å². The summed E-state index contributed by atoms with van der Waals surface area (Å²) in [7, 11) is 2.76. The number of methoxy groups -OCH3 is 2. The van der Waals surface area contributed by atoms with Crippen molar-refractivity contribution in [2.45, 2.75) is 60.2 Å². The molecule has 3 amide bonds. The molecule has 0 spiro atoms. The van der Waals surface area contributed by atoms with Crippen LogP contribution in [-0.4, -0.2) is 79.0 Å². The van der Waals surface area contributed by atoms with Crippen LogP contribution in [0.1, 0.15) is 70.5 Å². The summed E-state index contributed by atoms with van der Waals surface area (Å²) in [5.41, 5.74) is 15.7. The van der Waals surface area contributed by atoms with Crippen molar-refractivity contribution >= 4 is 63.4 Å². The molecule has 0 aliphatic carbocycles. The van der Waals surface area contributed by atoms with Crippen LogP contribution in [0, 0.1) is 6.92 Å². The molecule has 53 heavy (non-hydrogen) atoms. The second kappa shape index (κ2) is 16.2. The Morgan fingerprint density at radius 2 is 1.58 bits per heavy atom. The standard InChI is InChI=1S/C36H43N11O6/c1-7-39-26(15-20(3)37)32(49)42-36-41-25-18-23(34(51)53-6)19-29(52-5)30(25)46(36)14-10-9-13-45-27-12-11-22(31(38)48)17-24(27)40-35(45)43-33(50)28-16-21(4)44-47(28)8-2/h11-12,15-19H,7-10,13-14,37H2,1-6H3,(H2,38,48)(H,40,43,50)(H,41,42,49). The van der Waals surface area contributed by atoms with Gasteiger partial charge in [-0.25, -0.2) is 14.8 Å². The number of anilines is 2. The first-order chi connectivity index (χ1) is 25.4. The third-order valence-corrected chi connectivity index (χ3v) is 8.30. The number of amides is 3. The minimum Gasteiger partial charge on any atom is -0.494 e. The summed E-state index contributed by atoms with van der Waals surface area (Å²) in [5.74, 6) is -1.21. The Kier molecular flexibility index (Phi) is 11.5. The molecule has 5 aromatic rings. The van der Waals surface area contributed by atoms with Crippen LogP contribution in [0.3, 0.4) is 0 Å². The number of benzene rings is 2. The van der Waals surface area contributed by atoms with E-state index in [-0.39, 0.29) is 34.6 Å². The molecule has 278 valence electrons. The van der Waals surface area contributed by atoms with E-state index in [9.17, 15) is 19.2 Å². The fourth-order valence-corrected chi connectivity index (χ4v) is 5.95. The van der Waals surface area contributed by atoms with Crippen molar-refractivity contribution in [3.8, 4) is 5.75 Å². The first-order valence-electron chi connectivity index (χ1n) is 17.0. The zero-order chi connectivity index (χ0) is 38.4. The van der Waals surface area contributed by atoms with Crippen LogP contribution in [-0.2, 0) is 29.2 Å². The minimum atomic E-state index is -0.596. The van der Waals surface area contributed by atoms with E-state index in [1.165, 1.54) is 20.3 Å². The molecule has 2 aromatic carbocycles. The second-order valence-corrected chi connectivity index (χ2v) is 12.1. The molecule has 0 atom stereocenters. The maximum absolute atomic E-state index is 13.4. The van der Waals surface area contributed by atoms with Crippen LogP contribution in [0.2, 0.25) is 0 Å². The van der Waals surface area contributed by atoms with Gasteiger partial charge in [-0.3, -0.25) is 34.7 Å². The van der Waals surface area contributed by atoms with E-state index >= 15 is 0 Å². The van der Waals surface area contributed by atoms with Gasteiger partial charge >= 0.3 is 5.97 Å². The largest absolute Gasteiger partial charge is 0.494 e. The SMILES string of the molecule is CCN=C(C=C(C)N)C(=O)Nc1nc2cc(C(=O)OC)cc(OC)c2n1CCCCn1c(NC(=O)c2cc(C)nn2CC)nc2cc(C(N)=O)ccc21. The highest BCUT2D eigenvalue weighted by Gasteiger charge is 2.23. The number of hydrogen-bond acceptors (Lipinski definition) is 11. The number of nitrogens with one attached hydrogen (secondary N) is 2. The summed E-state index contributed by atoms with van der Waals surface area (Å²) < 4.78 is 15.9. The number of fused-ring (bicyclic) bond motifs is 2. The number of unbranched alkanes of at least 4 members (excludes halogenated alkanes) is 1. The average molecular weight is 726 g/mol. The van der Waals surface area contributed by atoms with Crippen LogP contribution in [0.15, 0.2) is 53.2 Å². The Morgan fingerprint density at radius 1 is 0.906 bits per heavy atom. The minimum absolute atomic E-state index is 0.131. The van der Waals surface area contributed by atoms with Gasteiger partial charge in [-0.2, -0.15) is 5.10 Å². The molecular weight excluding hydrogens is 682 g/mol. The number of carbonyl (C=O) groups excluding carboxylic acids is 4. The molecule has 0 unspecified atom stereocenters. The highest BCUT2D eigenvalue weighted by Crippen LogP contribution is 2.32. The van der Waals surface area contributed by atoms with Gasteiger partial charge in [0.1, 0.15) is 22.7 Å². The second-order valence-electron chi connectivity index (χ2n) is 12.1. The number of carbonyl (C=O) groups is 4. The van der Waals surface area contributed by atoms with Crippen molar-refractivity contribution in [2.75, 3.05) is 31.4 Å². The van der Waals surface area contributed by atoms with E-state index in [4.69, 9.17) is 20.9 Å². The Labute approximate surface area is 305 Å². The summed E-state index contributed by atoms with van der Waals surface area (Å²) >= 11 is 0. The summed E-state index contributed by atoms with van der Waals surface area (Å²) in [5, 5.41) is 10.2. The van der Waals surface area contributed by atoms with Crippen molar-refractivity contribution in [2.24, 2.45) is 16.5 Å². The molecule has 0 saturated heterocycles. The van der Waals surface area contributed by atoms with Gasteiger partial charge in [0.2, 0.25) is 17.8 Å². The van der Waals surface area contributed by atoms with E-state index in [0.29, 0.717) is 83.9 Å². The van der Waals surface area contributed by atoms with E-state index in [1.807, 2.05) is 18.4 Å². The molecule has 0 radical (unpaired) electrons. The average Bonchev–Trinajstić information content (AvgIpc) is 3.80. The molecule has 17 heteroatoms. The topological polar surface area (TPSA) is 229 Å². The lowest BCUT2D eigenvalue weighted by atomic mass is 10.1. The van der Waals surface area contributed by atoms with Crippen molar-refractivity contribution in [1.82, 2.24) is 28.9 Å². The predicted molar refractivity (Wildman–Crippen MR) is 200 cm³/mol. The number of nitrogens with zero attached hydrogens (tertiary/aromatic N) is 7. The number of aromatic nitrogens is 6. The molecule has 0 fully saturated rings. The fraction of sp³-hybridized carbons (Fsp3) is 0.333. The van der Waals surface area contributed by atoms with Gasteiger partial charge in [0.25, 0.3) is 11.8 Å². The number of aliphatic imine (C=N–C) groups is 1. The molecule has 5 rings (SSSR count). The third-order valence-electron chi connectivity index (χ3n) is 8.30. The number of aryl methyl sites for hydroxylation is 4. The van der Waals surface area contributed by atoms with E-state index in [2.05, 4.69) is 30.7 Å². The molecule has 0 saturated carbocycles. The molecule has 17 nitrogen and oxygen atoms in total. The summed E-state index contributed by atoms with van der Waals surface area (Å²) in [6.07, 6.45) is 2.62. The molecule has 3 aromatic heterocycles. The van der Waals surface area contributed by atoms with Crippen molar-refractivity contribution in [3.05, 3.63) is 70.7 Å². The van der Waals surface area contributed by atoms with E-state index in [0.717, 1.165) is 0 Å². The zero-order valence-corrected chi connectivity index (χ0v) is 30.5. The van der Waals surface area contributed by atoms with Gasteiger partial charge in [0, 0.05) is 37.4 Å². The van der Waals surface area contributed by atoms with Gasteiger partial charge < -0.3 is 30.1 Å².